The zero-order valence-electron chi connectivity index (χ0n) is 14.6. The number of benzene rings is 2. The molecule has 134 valence electrons. The summed E-state index contributed by atoms with van der Waals surface area (Å²) in [5.74, 6) is -0.536. The number of aliphatic hydroxyl groups excluding tert-OH is 1. The maximum absolute atomic E-state index is 12.4. The lowest BCUT2D eigenvalue weighted by molar-refractivity contribution is 0.102. The fourth-order valence-electron chi connectivity index (χ4n) is 2.66. The van der Waals surface area contributed by atoms with Gasteiger partial charge in [0, 0.05) is 17.6 Å². The van der Waals surface area contributed by atoms with Crippen LogP contribution in [0.25, 0.3) is 11.0 Å². The first-order chi connectivity index (χ1) is 12.4. The van der Waals surface area contributed by atoms with Gasteiger partial charge in [0.2, 0.25) is 0 Å². The van der Waals surface area contributed by atoms with Crippen molar-refractivity contribution in [2.24, 2.45) is 0 Å². The van der Waals surface area contributed by atoms with Gasteiger partial charge in [-0.1, -0.05) is 30.3 Å². The van der Waals surface area contributed by atoms with Gasteiger partial charge in [-0.05, 0) is 43.9 Å². The number of nitrogens with one attached hydrogen (secondary N) is 1. The van der Waals surface area contributed by atoms with E-state index in [-0.39, 0.29) is 5.56 Å². The number of amides is 1. The largest absolute Gasteiger partial charge is 0.422 e. The minimum absolute atomic E-state index is 0.0552. The summed E-state index contributed by atoms with van der Waals surface area (Å²) in [4.78, 5) is 26.3. The molecule has 1 aromatic heterocycles. The molecule has 0 radical (unpaired) electrons. The van der Waals surface area contributed by atoms with Crippen LogP contribution in [0, 0.1) is 0 Å². The van der Waals surface area contributed by atoms with Gasteiger partial charge in [0.15, 0.2) is 0 Å². The highest BCUT2D eigenvalue weighted by molar-refractivity contribution is 6.05. The highest BCUT2D eigenvalue weighted by Crippen LogP contribution is 2.18. The SMILES string of the molecule is CN(C)CC(O)c1ccc(NC(=O)c2cc3ccccc3oc2=O)cc1. The Hall–Kier alpha value is -2.96. The van der Waals surface area contributed by atoms with Gasteiger partial charge in [-0.3, -0.25) is 4.79 Å². The van der Waals surface area contributed by atoms with Crippen molar-refractivity contribution < 1.29 is 14.3 Å². The second-order valence-corrected chi connectivity index (χ2v) is 6.34. The molecule has 0 bridgehead atoms. The van der Waals surface area contributed by atoms with Crippen molar-refractivity contribution in [3.8, 4) is 0 Å². The van der Waals surface area contributed by atoms with Crippen LogP contribution >= 0.6 is 0 Å². The Morgan fingerprint density at radius 3 is 2.54 bits per heavy atom. The van der Waals surface area contributed by atoms with Gasteiger partial charge in [-0.2, -0.15) is 0 Å². The second-order valence-electron chi connectivity index (χ2n) is 6.34. The fourth-order valence-corrected chi connectivity index (χ4v) is 2.66. The molecule has 0 saturated carbocycles. The number of hydrogen-bond acceptors (Lipinski definition) is 5. The molecular weight excluding hydrogens is 332 g/mol. The van der Waals surface area contributed by atoms with Gasteiger partial charge in [-0.15, -0.1) is 0 Å². The van der Waals surface area contributed by atoms with Gasteiger partial charge in [0.05, 0.1) is 6.10 Å². The normalized spacial score (nSPS) is 12.3. The molecule has 0 aliphatic carbocycles. The molecule has 6 heteroatoms. The highest BCUT2D eigenvalue weighted by atomic mass is 16.4. The van der Waals surface area contributed by atoms with E-state index in [2.05, 4.69) is 5.32 Å². The Morgan fingerprint density at radius 2 is 1.85 bits per heavy atom. The highest BCUT2D eigenvalue weighted by Gasteiger charge is 2.14. The molecule has 0 saturated heterocycles. The number of aliphatic hydroxyl groups is 1. The Morgan fingerprint density at radius 1 is 1.15 bits per heavy atom. The van der Waals surface area contributed by atoms with Crippen LogP contribution in [-0.4, -0.2) is 36.6 Å². The van der Waals surface area contributed by atoms with Gasteiger partial charge in [0.1, 0.15) is 11.1 Å². The third-order valence-corrected chi connectivity index (χ3v) is 3.98. The van der Waals surface area contributed by atoms with Crippen molar-refractivity contribution in [3.63, 3.8) is 0 Å². The molecule has 1 unspecified atom stereocenters. The predicted octanol–water partition coefficient (Wildman–Crippen LogP) is 2.64. The summed E-state index contributed by atoms with van der Waals surface area (Å²) < 4.78 is 5.19. The Bertz CT molecular complexity index is 977. The van der Waals surface area contributed by atoms with E-state index in [1.807, 2.05) is 25.1 Å². The number of carbonyl (C=O) groups excluding carboxylic acids is 1. The van der Waals surface area contributed by atoms with Gasteiger partial charge >= 0.3 is 5.63 Å². The Kier molecular flexibility index (Phi) is 5.16. The second kappa shape index (κ2) is 7.51. The monoisotopic (exact) mass is 352 g/mol. The predicted molar refractivity (Wildman–Crippen MR) is 100 cm³/mol. The molecule has 3 aromatic rings. The third-order valence-electron chi connectivity index (χ3n) is 3.98. The number of hydrogen-bond donors (Lipinski definition) is 2. The van der Waals surface area contributed by atoms with Crippen LogP contribution in [0.4, 0.5) is 5.69 Å². The standard InChI is InChI=1S/C20H20N2O4/c1-22(2)12-17(23)13-7-9-15(10-8-13)21-19(24)16-11-14-5-3-4-6-18(14)26-20(16)25/h3-11,17,23H,12H2,1-2H3,(H,21,24). The number of carbonyl (C=O) groups is 1. The zero-order valence-corrected chi connectivity index (χ0v) is 14.6. The van der Waals surface area contributed by atoms with E-state index in [0.717, 1.165) is 5.56 Å². The molecular formula is C20H20N2O4. The van der Waals surface area contributed by atoms with Gasteiger partial charge in [0.25, 0.3) is 5.91 Å². The van der Waals surface area contributed by atoms with E-state index < -0.39 is 17.6 Å². The molecule has 26 heavy (non-hydrogen) atoms. The zero-order chi connectivity index (χ0) is 18.7. The van der Waals surface area contributed by atoms with Crippen LogP contribution in [0.15, 0.2) is 63.8 Å². The number of likely N-dealkylation sites (N-methyl/N-ethyl adjacent to an activating group) is 1. The number of nitrogens with zero attached hydrogens (tertiary/aromatic N) is 1. The topological polar surface area (TPSA) is 82.8 Å². The molecule has 0 fully saturated rings. The van der Waals surface area contributed by atoms with E-state index in [1.165, 1.54) is 6.07 Å². The number of fused-ring (bicyclic) bond motifs is 1. The van der Waals surface area contributed by atoms with Crippen molar-refractivity contribution in [2.75, 3.05) is 26.0 Å². The summed E-state index contributed by atoms with van der Waals surface area (Å²) in [5, 5.41) is 13.5. The fraction of sp³-hybridized carbons (Fsp3) is 0.200. The maximum Gasteiger partial charge on any atom is 0.349 e. The van der Waals surface area contributed by atoms with Crippen LogP contribution in [0.5, 0.6) is 0 Å². The average Bonchev–Trinajstić information content (AvgIpc) is 2.61. The number of anilines is 1. The summed E-state index contributed by atoms with van der Waals surface area (Å²) in [6.07, 6.45) is -0.609. The van der Waals surface area contributed by atoms with E-state index >= 15 is 0 Å². The van der Waals surface area contributed by atoms with Crippen molar-refractivity contribution in [2.45, 2.75) is 6.10 Å². The molecule has 2 N–H and O–H groups in total. The molecule has 1 heterocycles. The van der Waals surface area contributed by atoms with Crippen LogP contribution in [0.3, 0.4) is 0 Å². The van der Waals surface area contributed by atoms with Crippen LogP contribution in [0.1, 0.15) is 22.0 Å². The van der Waals surface area contributed by atoms with Gasteiger partial charge in [-0.25, -0.2) is 4.79 Å². The summed E-state index contributed by atoms with van der Waals surface area (Å²) in [6, 6.07) is 15.4. The molecule has 6 nitrogen and oxygen atoms in total. The van der Waals surface area contributed by atoms with Crippen LogP contribution in [-0.2, 0) is 0 Å². The van der Waals surface area contributed by atoms with Crippen molar-refractivity contribution in [3.05, 3.63) is 76.1 Å². The van der Waals surface area contributed by atoms with Crippen molar-refractivity contribution in [1.29, 1.82) is 0 Å². The summed E-state index contributed by atoms with van der Waals surface area (Å²) in [6.45, 7) is 0.504. The molecule has 1 atom stereocenters. The van der Waals surface area contributed by atoms with Crippen molar-refractivity contribution >= 4 is 22.6 Å². The molecule has 3 rings (SSSR count). The van der Waals surface area contributed by atoms with E-state index in [1.54, 1.807) is 42.5 Å². The van der Waals surface area contributed by atoms with Crippen LogP contribution in [0.2, 0.25) is 0 Å². The molecule has 1 amide bonds. The summed E-state index contributed by atoms with van der Waals surface area (Å²) in [7, 11) is 3.76. The number of para-hydroxylation sites is 1. The number of rotatable bonds is 5. The summed E-state index contributed by atoms with van der Waals surface area (Å²) in [5.41, 5.74) is 0.984. The Labute approximate surface area is 150 Å². The van der Waals surface area contributed by atoms with E-state index in [0.29, 0.717) is 23.2 Å². The minimum Gasteiger partial charge on any atom is -0.422 e. The van der Waals surface area contributed by atoms with Crippen molar-refractivity contribution in [1.82, 2.24) is 4.90 Å². The first-order valence-corrected chi connectivity index (χ1v) is 8.21. The average molecular weight is 352 g/mol. The maximum atomic E-state index is 12.4. The first kappa shape index (κ1) is 17.8. The van der Waals surface area contributed by atoms with Crippen LogP contribution < -0.4 is 10.9 Å². The van der Waals surface area contributed by atoms with E-state index in [4.69, 9.17) is 4.42 Å². The smallest absolute Gasteiger partial charge is 0.349 e. The molecule has 0 spiro atoms. The molecule has 0 aliphatic heterocycles. The third kappa shape index (κ3) is 3.99. The Balaban J connectivity index is 1.78. The quantitative estimate of drug-likeness (QED) is 0.690. The van der Waals surface area contributed by atoms with Gasteiger partial charge < -0.3 is 19.7 Å². The lowest BCUT2D eigenvalue weighted by Crippen LogP contribution is -2.21. The lowest BCUT2D eigenvalue weighted by atomic mass is 10.1. The molecule has 2 aromatic carbocycles. The molecule has 0 aliphatic rings. The van der Waals surface area contributed by atoms with E-state index in [9.17, 15) is 14.7 Å². The summed E-state index contributed by atoms with van der Waals surface area (Å²) >= 11 is 0. The lowest BCUT2D eigenvalue weighted by Gasteiger charge is -2.16. The minimum atomic E-state index is -0.681. The first-order valence-electron chi connectivity index (χ1n) is 8.21.